The van der Waals surface area contributed by atoms with Crippen LogP contribution in [0.4, 0.5) is 5.13 Å². The zero-order chi connectivity index (χ0) is 13.0. The number of aryl methyl sites for hydroxylation is 1. The molecule has 1 aromatic rings. The first-order valence-corrected chi connectivity index (χ1v) is 7.44. The van der Waals surface area contributed by atoms with Gasteiger partial charge in [0, 0.05) is 37.7 Å². The molecule has 0 amide bonds. The van der Waals surface area contributed by atoms with Gasteiger partial charge in [-0.05, 0) is 32.4 Å². The summed E-state index contributed by atoms with van der Waals surface area (Å²) in [5.41, 5.74) is 5.70. The van der Waals surface area contributed by atoms with E-state index in [1.807, 2.05) is 6.92 Å². The van der Waals surface area contributed by atoms with Gasteiger partial charge in [0.15, 0.2) is 0 Å². The van der Waals surface area contributed by atoms with Crippen molar-refractivity contribution in [1.29, 1.82) is 0 Å². The number of anilines is 1. The number of nitrogens with zero attached hydrogens (tertiary/aromatic N) is 4. The molecule has 5 nitrogen and oxygen atoms in total. The van der Waals surface area contributed by atoms with Crippen molar-refractivity contribution in [3.63, 3.8) is 0 Å². The van der Waals surface area contributed by atoms with E-state index in [-0.39, 0.29) is 0 Å². The fourth-order valence-electron chi connectivity index (χ4n) is 2.27. The molecular formula is C12H23N5S. The van der Waals surface area contributed by atoms with Crippen LogP contribution in [-0.2, 0) is 0 Å². The predicted molar refractivity (Wildman–Crippen MR) is 76.1 cm³/mol. The minimum Gasteiger partial charge on any atom is -0.346 e. The molecule has 2 N–H and O–H groups in total. The molecular weight excluding hydrogens is 246 g/mol. The molecule has 0 saturated carbocycles. The molecule has 2 heterocycles. The maximum Gasteiger partial charge on any atom is 0.205 e. The van der Waals surface area contributed by atoms with E-state index >= 15 is 0 Å². The Bertz CT molecular complexity index is 367. The van der Waals surface area contributed by atoms with E-state index in [1.54, 1.807) is 0 Å². The summed E-state index contributed by atoms with van der Waals surface area (Å²) in [6.45, 7) is 10.5. The van der Waals surface area contributed by atoms with Crippen LogP contribution < -0.4 is 10.6 Å². The molecule has 1 atom stereocenters. The van der Waals surface area contributed by atoms with E-state index in [1.165, 1.54) is 24.5 Å². The summed E-state index contributed by atoms with van der Waals surface area (Å²) < 4.78 is 4.26. The van der Waals surface area contributed by atoms with Crippen LogP contribution in [0.15, 0.2) is 0 Å². The topological polar surface area (TPSA) is 58.3 Å². The number of hydrogen-bond acceptors (Lipinski definition) is 6. The van der Waals surface area contributed by atoms with Gasteiger partial charge in [0.2, 0.25) is 5.13 Å². The SMILES string of the molecule is Cc1nsc(N2CCCN(CC(C)CN)CC2)n1. The monoisotopic (exact) mass is 269 g/mol. The quantitative estimate of drug-likeness (QED) is 0.882. The first-order valence-electron chi connectivity index (χ1n) is 6.66. The van der Waals surface area contributed by atoms with Crippen LogP contribution in [0.25, 0.3) is 0 Å². The van der Waals surface area contributed by atoms with Crippen LogP contribution in [0.1, 0.15) is 19.2 Å². The van der Waals surface area contributed by atoms with Crippen molar-refractivity contribution < 1.29 is 0 Å². The normalized spacial score (nSPS) is 19.8. The second-order valence-electron chi connectivity index (χ2n) is 5.11. The summed E-state index contributed by atoms with van der Waals surface area (Å²) in [4.78, 5) is 9.35. The third-order valence-corrected chi connectivity index (χ3v) is 4.22. The van der Waals surface area contributed by atoms with Crippen molar-refractivity contribution in [1.82, 2.24) is 14.3 Å². The van der Waals surface area contributed by atoms with Gasteiger partial charge < -0.3 is 15.5 Å². The molecule has 0 aliphatic carbocycles. The lowest BCUT2D eigenvalue weighted by molar-refractivity contribution is 0.255. The van der Waals surface area contributed by atoms with E-state index in [2.05, 4.69) is 26.1 Å². The Morgan fingerprint density at radius 2 is 2.17 bits per heavy atom. The summed E-state index contributed by atoms with van der Waals surface area (Å²) in [5, 5.41) is 1.07. The Kier molecular flexibility index (Phi) is 4.91. The molecule has 1 fully saturated rings. The summed E-state index contributed by atoms with van der Waals surface area (Å²) in [6, 6.07) is 0. The Balaban J connectivity index is 1.88. The molecule has 2 rings (SSSR count). The molecule has 1 unspecified atom stereocenters. The third kappa shape index (κ3) is 3.63. The van der Waals surface area contributed by atoms with Gasteiger partial charge in [-0.3, -0.25) is 0 Å². The van der Waals surface area contributed by atoms with E-state index in [9.17, 15) is 0 Å². The van der Waals surface area contributed by atoms with Gasteiger partial charge in [0.1, 0.15) is 5.82 Å². The van der Waals surface area contributed by atoms with Gasteiger partial charge >= 0.3 is 0 Å². The van der Waals surface area contributed by atoms with Crippen molar-refractivity contribution in [3.8, 4) is 0 Å². The lowest BCUT2D eigenvalue weighted by atomic mass is 10.1. The van der Waals surface area contributed by atoms with Crippen LogP contribution in [0, 0.1) is 12.8 Å². The van der Waals surface area contributed by atoms with Crippen molar-refractivity contribution in [2.24, 2.45) is 11.7 Å². The Morgan fingerprint density at radius 3 is 2.83 bits per heavy atom. The summed E-state index contributed by atoms with van der Waals surface area (Å²) in [5.74, 6) is 1.47. The first kappa shape index (κ1) is 13.7. The maximum atomic E-state index is 5.70. The lowest BCUT2D eigenvalue weighted by Gasteiger charge is -2.23. The zero-order valence-corrected chi connectivity index (χ0v) is 12.1. The molecule has 1 saturated heterocycles. The van der Waals surface area contributed by atoms with Crippen molar-refractivity contribution >= 4 is 16.7 Å². The molecule has 6 heteroatoms. The first-order chi connectivity index (χ1) is 8.69. The molecule has 0 radical (unpaired) electrons. The summed E-state index contributed by atoms with van der Waals surface area (Å²) in [6.07, 6.45) is 1.19. The number of aromatic nitrogens is 2. The van der Waals surface area contributed by atoms with Gasteiger partial charge in [0.25, 0.3) is 0 Å². The maximum absolute atomic E-state index is 5.70. The molecule has 0 bridgehead atoms. The van der Waals surface area contributed by atoms with Crippen molar-refractivity contribution in [3.05, 3.63) is 5.82 Å². The number of rotatable bonds is 4. The lowest BCUT2D eigenvalue weighted by Crippen LogP contribution is -2.35. The third-order valence-electron chi connectivity index (χ3n) is 3.35. The highest BCUT2D eigenvalue weighted by molar-refractivity contribution is 7.09. The Morgan fingerprint density at radius 1 is 1.33 bits per heavy atom. The van der Waals surface area contributed by atoms with Gasteiger partial charge in [-0.2, -0.15) is 4.37 Å². The van der Waals surface area contributed by atoms with E-state index < -0.39 is 0 Å². The average molecular weight is 269 g/mol. The second-order valence-corrected chi connectivity index (χ2v) is 5.84. The highest BCUT2D eigenvalue weighted by atomic mass is 32.1. The predicted octanol–water partition coefficient (Wildman–Crippen LogP) is 0.953. The van der Waals surface area contributed by atoms with Gasteiger partial charge in [-0.15, -0.1) is 0 Å². The fraction of sp³-hybridized carbons (Fsp3) is 0.833. The van der Waals surface area contributed by atoms with Gasteiger partial charge in [-0.25, -0.2) is 4.98 Å². The average Bonchev–Trinajstić information content (AvgIpc) is 2.66. The molecule has 1 aliphatic rings. The van der Waals surface area contributed by atoms with Crippen LogP contribution in [0.2, 0.25) is 0 Å². The number of hydrogen-bond donors (Lipinski definition) is 1. The van der Waals surface area contributed by atoms with Crippen molar-refractivity contribution in [2.45, 2.75) is 20.3 Å². The van der Waals surface area contributed by atoms with Crippen LogP contribution >= 0.6 is 11.5 Å². The van der Waals surface area contributed by atoms with Crippen LogP contribution in [-0.4, -0.2) is 53.5 Å². The Hall–Kier alpha value is -0.720. The molecule has 102 valence electrons. The second kappa shape index (κ2) is 6.45. The molecule has 0 aromatic carbocycles. The highest BCUT2D eigenvalue weighted by Gasteiger charge is 2.18. The molecule has 1 aromatic heterocycles. The largest absolute Gasteiger partial charge is 0.346 e. The van der Waals surface area contributed by atoms with Gasteiger partial charge in [0.05, 0.1) is 0 Å². The number of nitrogens with two attached hydrogens (primary N) is 1. The van der Waals surface area contributed by atoms with Crippen LogP contribution in [0.3, 0.4) is 0 Å². The Labute approximate surface area is 113 Å². The smallest absolute Gasteiger partial charge is 0.205 e. The molecule has 1 aliphatic heterocycles. The van der Waals surface area contributed by atoms with E-state index in [4.69, 9.17) is 5.73 Å². The van der Waals surface area contributed by atoms with E-state index in [0.29, 0.717) is 5.92 Å². The zero-order valence-electron chi connectivity index (χ0n) is 11.3. The van der Waals surface area contributed by atoms with E-state index in [0.717, 1.165) is 43.7 Å². The highest BCUT2D eigenvalue weighted by Crippen LogP contribution is 2.18. The summed E-state index contributed by atoms with van der Waals surface area (Å²) >= 11 is 1.51. The van der Waals surface area contributed by atoms with Gasteiger partial charge in [-0.1, -0.05) is 6.92 Å². The fourth-order valence-corrected chi connectivity index (χ4v) is 3.00. The molecule has 18 heavy (non-hydrogen) atoms. The standard InChI is InChI=1S/C12H23N5S/c1-10(8-13)9-16-4-3-5-17(7-6-16)12-14-11(2)15-18-12/h10H,3-9,13H2,1-2H3. The minimum atomic E-state index is 0.584. The summed E-state index contributed by atoms with van der Waals surface area (Å²) in [7, 11) is 0. The molecule has 0 spiro atoms. The van der Waals surface area contributed by atoms with Crippen molar-refractivity contribution in [2.75, 3.05) is 44.2 Å². The van der Waals surface area contributed by atoms with Crippen LogP contribution in [0.5, 0.6) is 0 Å². The minimum absolute atomic E-state index is 0.584.